The lowest BCUT2D eigenvalue weighted by Gasteiger charge is -2.29. The third-order valence-corrected chi connectivity index (χ3v) is 5.54. The van der Waals surface area contributed by atoms with E-state index in [1.54, 1.807) is 32.2 Å². The first-order valence-electron chi connectivity index (χ1n) is 9.36. The number of ether oxygens (including phenoxy) is 1. The second-order valence-corrected chi connectivity index (χ2v) is 7.01. The molecule has 2 aromatic rings. The molecule has 0 saturated heterocycles. The number of fused-ring (bicyclic) bond motifs is 3. The van der Waals surface area contributed by atoms with E-state index in [4.69, 9.17) is 4.74 Å². The number of methoxy groups -OCH3 is 1. The summed E-state index contributed by atoms with van der Waals surface area (Å²) in [4.78, 5) is 23.9. The molecule has 1 aliphatic carbocycles. The monoisotopic (exact) mass is 379 g/mol. The van der Waals surface area contributed by atoms with Gasteiger partial charge in [0.2, 0.25) is 5.91 Å². The number of nitro benzene ring substituents is 1. The summed E-state index contributed by atoms with van der Waals surface area (Å²) in [6.45, 7) is 1.78. The predicted octanol–water partition coefficient (Wildman–Crippen LogP) is 3.86. The quantitative estimate of drug-likeness (QED) is 0.596. The number of hydrogen-bond donors (Lipinski definition) is 0. The Balaban J connectivity index is 1.86. The fourth-order valence-corrected chi connectivity index (χ4v) is 4.20. The molecule has 0 N–H and O–H groups in total. The number of carbonyl (C=O) groups excluding carboxylic acids is 1. The van der Waals surface area contributed by atoms with Crippen LogP contribution in [0.5, 0.6) is 5.75 Å². The van der Waals surface area contributed by atoms with E-state index in [9.17, 15) is 14.9 Å². The van der Waals surface area contributed by atoms with Gasteiger partial charge < -0.3 is 4.74 Å². The summed E-state index contributed by atoms with van der Waals surface area (Å²) in [5.74, 6) is 0.496. The van der Waals surface area contributed by atoms with E-state index in [-0.39, 0.29) is 28.9 Å². The van der Waals surface area contributed by atoms with Crippen LogP contribution in [0.3, 0.4) is 0 Å². The molecule has 0 unspecified atom stereocenters. The third kappa shape index (κ3) is 2.83. The topological polar surface area (TPSA) is 85.0 Å². The smallest absolute Gasteiger partial charge is 0.274 e. The van der Waals surface area contributed by atoms with Crippen LogP contribution in [0.1, 0.15) is 42.5 Å². The fourth-order valence-electron chi connectivity index (χ4n) is 4.20. The molecule has 1 heterocycles. The Morgan fingerprint density at radius 2 is 2.11 bits per heavy atom. The highest BCUT2D eigenvalue weighted by atomic mass is 16.6. The number of nitrogens with zero attached hydrogens (tertiary/aromatic N) is 3. The molecule has 2 aliphatic rings. The maximum atomic E-state index is 12.7. The maximum Gasteiger partial charge on any atom is 0.274 e. The molecular weight excluding hydrogens is 358 g/mol. The minimum atomic E-state index is -0.469. The molecule has 0 bridgehead atoms. The number of benzene rings is 2. The van der Waals surface area contributed by atoms with E-state index < -0.39 is 6.04 Å². The van der Waals surface area contributed by atoms with Crippen LogP contribution in [-0.2, 0) is 11.2 Å². The highest BCUT2D eigenvalue weighted by molar-refractivity contribution is 6.07. The van der Waals surface area contributed by atoms with Crippen molar-refractivity contribution in [2.75, 3.05) is 7.11 Å². The van der Waals surface area contributed by atoms with Gasteiger partial charge in [-0.2, -0.15) is 5.10 Å². The lowest BCUT2D eigenvalue weighted by molar-refractivity contribution is -0.386. The van der Waals surface area contributed by atoms with E-state index in [1.807, 2.05) is 18.2 Å². The van der Waals surface area contributed by atoms with Gasteiger partial charge >= 0.3 is 0 Å². The number of carbonyl (C=O) groups is 1. The second-order valence-electron chi connectivity index (χ2n) is 7.01. The third-order valence-electron chi connectivity index (χ3n) is 5.54. The molecule has 0 radical (unpaired) electrons. The first kappa shape index (κ1) is 18.2. The number of hydrazone groups is 1. The Bertz CT molecular complexity index is 985. The molecule has 0 aromatic heterocycles. The van der Waals surface area contributed by atoms with Crippen LogP contribution in [0.25, 0.3) is 0 Å². The van der Waals surface area contributed by atoms with Gasteiger partial charge in [-0.1, -0.05) is 25.1 Å². The zero-order chi connectivity index (χ0) is 19.8. The molecule has 0 spiro atoms. The number of rotatable bonds is 4. The minimum Gasteiger partial charge on any atom is -0.497 e. The number of aryl methyl sites for hydroxylation is 1. The van der Waals surface area contributed by atoms with E-state index in [1.165, 1.54) is 11.1 Å². The molecule has 1 aliphatic heterocycles. The zero-order valence-electron chi connectivity index (χ0n) is 15.8. The summed E-state index contributed by atoms with van der Waals surface area (Å²) in [7, 11) is 1.61. The van der Waals surface area contributed by atoms with Crippen LogP contribution >= 0.6 is 0 Å². The van der Waals surface area contributed by atoms with Crippen molar-refractivity contribution in [3.8, 4) is 5.75 Å². The molecule has 1 amide bonds. The Kier molecular flexibility index (Phi) is 4.58. The average molecular weight is 379 g/mol. The lowest BCUT2D eigenvalue weighted by atomic mass is 9.77. The van der Waals surface area contributed by atoms with E-state index in [0.29, 0.717) is 5.56 Å². The lowest BCUT2D eigenvalue weighted by Crippen LogP contribution is -2.32. The van der Waals surface area contributed by atoms with Gasteiger partial charge in [0, 0.05) is 24.0 Å². The molecule has 2 aromatic carbocycles. The average Bonchev–Trinajstić information content (AvgIpc) is 3.12. The Morgan fingerprint density at radius 1 is 1.32 bits per heavy atom. The van der Waals surface area contributed by atoms with Crippen molar-refractivity contribution in [3.05, 3.63) is 69.3 Å². The van der Waals surface area contributed by atoms with Crippen LogP contribution in [0.15, 0.2) is 47.6 Å². The van der Waals surface area contributed by atoms with Gasteiger partial charge in [0.25, 0.3) is 5.69 Å². The molecule has 0 fully saturated rings. The SMILES string of the molecule is CCC(=O)N1N=C2c3cc(OC)ccc3CC[C@@H]2[C@H]1c1ccccc1[N+](=O)[O-]. The number of para-hydroxylation sites is 1. The standard InChI is InChI=1S/C21H21N3O4/c1-3-19(25)23-21(15-6-4-5-7-18(15)24(26)27)16-11-9-13-8-10-14(28-2)12-17(13)20(16)22-23/h4-8,10,12,16,21H,3,9,11H2,1-2H3/t16-,21+/m0/s1. The van der Waals surface area contributed by atoms with Gasteiger partial charge in [0.15, 0.2) is 0 Å². The van der Waals surface area contributed by atoms with Crippen LogP contribution in [0.4, 0.5) is 5.69 Å². The van der Waals surface area contributed by atoms with Gasteiger partial charge in [-0.25, -0.2) is 5.01 Å². The molecule has 0 saturated carbocycles. The summed E-state index contributed by atoms with van der Waals surface area (Å²) in [6.07, 6.45) is 1.89. The Morgan fingerprint density at radius 3 is 2.82 bits per heavy atom. The largest absolute Gasteiger partial charge is 0.497 e. The van der Waals surface area contributed by atoms with Gasteiger partial charge in [-0.15, -0.1) is 0 Å². The molecular formula is C21H21N3O4. The van der Waals surface area contributed by atoms with Crippen molar-refractivity contribution >= 4 is 17.3 Å². The number of amides is 1. The Labute approximate surface area is 162 Å². The van der Waals surface area contributed by atoms with Crippen molar-refractivity contribution in [1.82, 2.24) is 5.01 Å². The maximum absolute atomic E-state index is 12.7. The van der Waals surface area contributed by atoms with Crippen molar-refractivity contribution in [2.24, 2.45) is 11.0 Å². The highest BCUT2D eigenvalue weighted by Gasteiger charge is 2.45. The van der Waals surface area contributed by atoms with Crippen molar-refractivity contribution in [1.29, 1.82) is 0 Å². The van der Waals surface area contributed by atoms with Crippen LogP contribution < -0.4 is 4.74 Å². The molecule has 144 valence electrons. The van der Waals surface area contributed by atoms with Crippen LogP contribution in [-0.4, -0.2) is 28.7 Å². The number of hydrogen-bond acceptors (Lipinski definition) is 5. The summed E-state index contributed by atoms with van der Waals surface area (Å²) in [5, 5.41) is 17.7. The first-order valence-corrected chi connectivity index (χ1v) is 9.36. The molecule has 28 heavy (non-hydrogen) atoms. The van der Waals surface area contributed by atoms with Gasteiger partial charge in [0.05, 0.1) is 29.4 Å². The first-order chi connectivity index (χ1) is 13.5. The zero-order valence-corrected chi connectivity index (χ0v) is 15.8. The van der Waals surface area contributed by atoms with E-state index in [2.05, 4.69) is 5.10 Å². The van der Waals surface area contributed by atoms with Gasteiger partial charge in [-0.05, 0) is 36.6 Å². The minimum absolute atomic E-state index is 0.0225. The normalized spacial score (nSPS) is 20.2. The highest BCUT2D eigenvalue weighted by Crippen LogP contribution is 2.46. The van der Waals surface area contributed by atoms with E-state index in [0.717, 1.165) is 35.4 Å². The van der Waals surface area contributed by atoms with Gasteiger partial charge in [-0.3, -0.25) is 14.9 Å². The summed E-state index contributed by atoms with van der Waals surface area (Å²) >= 11 is 0. The van der Waals surface area contributed by atoms with Crippen molar-refractivity contribution < 1.29 is 14.5 Å². The molecule has 2 atom stereocenters. The summed E-state index contributed by atoms with van der Waals surface area (Å²) in [5.41, 5.74) is 3.48. The van der Waals surface area contributed by atoms with Crippen LogP contribution in [0.2, 0.25) is 0 Å². The van der Waals surface area contributed by atoms with Crippen molar-refractivity contribution in [3.63, 3.8) is 0 Å². The van der Waals surface area contributed by atoms with Gasteiger partial charge in [0.1, 0.15) is 5.75 Å². The van der Waals surface area contributed by atoms with Crippen molar-refractivity contribution in [2.45, 2.75) is 32.2 Å². The molecule has 7 nitrogen and oxygen atoms in total. The fraction of sp³-hybridized carbons (Fsp3) is 0.333. The summed E-state index contributed by atoms with van der Waals surface area (Å²) < 4.78 is 5.36. The Hall–Kier alpha value is -3.22. The number of nitro groups is 1. The molecule has 4 rings (SSSR count). The second kappa shape index (κ2) is 7.07. The van der Waals surface area contributed by atoms with E-state index >= 15 is 0 Å². The molecule has 7 heteroatoms. The summed E-state index contributed by atoms with van der Waals surface area (Å²) in [6, 6.07) is 12.1. The van der Waals surface area contributed by atoms with Crippen LogP contribution in [0, 0.1) is 16.0 Å². The predicted molar refractivity (Wildman–Crippen MR) is 104 cm³/mol.